The molecule has 6 heteroatoms. The van der Waals surface area contributed by atoms with Crippen LogP contribution in [0.2, 0.25) is 0 Å². The SMILES string of the molecule is Cc1c(C)n2c3c(ccc(N(c4cccc5ccccc45)c4cccc5ccccc45)c13)B1c3c-2cc(N(c2ccc(C(C)(C)C)cc2)c2ccc(C(C)(C)C)cc2)cc3-n2c(C)c(C)c3c(N(c4cccc5ccccc45)c4cccc5ccccc45)ccc1c32. The van der Waals surface area contributed by atoms with E-state index < -0.39 is 0 Å². The number of aromatic nitrogens is 2. The molecule has 13 aromatic carbocycles. The van der Waals surface area contributed by atoms with E-state index in [0.29, 0.717) is 0 Å². The van der Waals surface area contributed by atoms with Crippen LogP contribution in [0.5, 0.6) is 0 Å². The van der Waals surface area contributed by atoms with Crippen LogP contribution in [0.25, 0.3) is 76.3 Å². The quantitative estimate of drug-likeness (QED) is 0.134. The molecule has 17 rings (SSSR count). The zero-order valence-electron chi connectivity index (χ0n) is 54.1. The molecule has 0 saturated carbocycles. The Morgan fingerprint density at radius 2 is 0.620 bits per heavy atom. The Morgan fingerprint density at radius 1 is 0.304 bits per heavy atom. The molecule has 15 aromatic rings. The number of nitrogens with zero attached hydrogens (tertiary/aromatic N) is 5. The Kier molecular flexibility index (Phi) is 12.4. The first-order valence-electron chi connectivity index (χ1n) is 32.6. The maximum atomic E-state index is 2.65. The van der Waals surface area contributed by atoms with E-state index >= 15 is 0 Å². The highest BCUT2D eigenvalue weighted by molar-refractivity contribution is 7.00. The van der Waals surface area contributed by atoms with Gasteiger partial charge in [-0.2, -0.15) is 0 Å². The topological polar surface area (TPSA) is 19.6 Å². The predicted molar refractivity (Wildman–Crippen MR) is 395 cm³/mol. The van der Waals surface area contributed by atoms with Crippen LogP contribution in [0.4, 0.5) is 51.2 Å². The molecular formula is C86H72BN5. The van der Waals surface area contributed by atoms with E-state index in [1.54, 1.807) is 0 Å². The van der Waals surface area contributed by atoms with E-state index in [4.69, 9.17) is 0 Å². The molecule has 0 aliphatic carbocycles. The van der Waals surface area contributed by atoms with Crippen molar-refractivity contribution in [2.75, 3.05) is 14.7 Å². The molecule has 0 N–H and O–H groups in total. The standard InChI is InChI=1S/C86H72BN5/c1-53-55(3)88-78-51-65(90(63-43-39-61(40-44-63)85(5,6)7)64-45-41-62(42-46-64)86(8,9)10)52-79-82(78)87(70-47-49-76(80(53)83(70)88)91(72-35-19-27-57-23-11-15-31-66(57)72)73-36-20-28-58-24-12-16-32-67(58)73)71-48-50-77(81-54(2)56(4)89(79)84(71)81)92(74-37-21-29-59-25-13-17-33-68(59)74)75-38-22-30-60-26-14-18-34-69(60)75/h11-52H,1-10H3. The van der Waals surface area contributed by atoms with E-state index in [2.05, 4.69) is 348 Å². The van der Waals surface area contributed by atoms with Crippen LogP contribution >= 0.6 is 0 Å². The molecule has 444 valence electrons. The summed E-state index contributed by atoms with van der Waals surface area (Å²) in [6, 6.07) is 96.3. The number of fused-ring (bicyclic) bond motifs is 8. The van der Waals surface area contributed by atoms with Gasteiger partial charge in [0.1, 0.15) is 0 Å². The highest BCUT2D eigenvalue weighted by atomic mass is 15.2. The van der Waals surface area contributed by atoms with Crippen molar-refractivity contribution in [3.05, 3.63) is 288 Å². The van der Waals surface area contributed by atoms with E-state index in [9.17, 15) is 0 Å². The van der Waals surface area contributed by atoms with E-state index in [1.165, 1.54) is 126 Å². The van der Waals surface area contributed by atoms with Crippen molar-refractivity contribution in [2.24, 2.45) is 0 Å². The summed E-state index contributed by atoms with van der Waals surface area (Å²) in [5.41, 5.74) is 26.6. The fourth-order valence-corrected chi connectivity index (χ4v) is 15.8. The summed E-state index contributed by atoms with van der Waals surface area (Å²) in [4.78, 5) is 7.66. The number of benzene rings is 13. The summed E-state index contributed by atoms with van der Waals surface area (Å²) >= 11 is 0. The van der Waals surface area contributed by atoms with Crippen LogP contribution in [0, 0.1) is 27.7 Å². The summed E-state index contributed by atoms with van der Waals surface area (Å²) in [5.74, 6) is 0. The van der Waals surface area contributed by atoms with Gasteiger partial charge in [0, 0.05) is 66.5 Å². The van der Waals surface area contributed by atoms with Gasteiger partial charge < -0.3 is 23.8 Å². The zero-order chi connectivity index (χ0) is 62.6. The van der Waals surface area contributed by atoms with Gasteiger partial charge in [0.15, 0.2) is 0 Å². The van der Waals surface area contributed by atoms with Crippen molar-refractivity contribution in [3.8, 4) is 11.4 Å². The fourth-order valence-electron chi connectivity index (χ4n) is 15.8. The van der Waals surface area contributed by atoms with Gasteiger partial charge >= 0.3 is 0 Å². The zero-order valence-corrected chi connectivity index (χ0v) is 54.1. The second kappa shape index (κ2) is 20.5. The van der Waals surface area contributed by atoms with Crippen molar-refractivity contribution in [1.29, 1.82) is 0 Å². The highest BCUT2D eigenvalue weighted by Crippen LogP contribution is 2.51. The van der Waals surface area contributed by atoms with Crippen LogP contribution in [0.1, 0.15) is 75.2 Å². The molecular weight excluding hydrogens is 1110 g/mol. The second-order valence-electron chi connectivity index (χ2n) is 27.8. The molecule has 0 bridgehead atoms. The normalized spacial score (nSPS) is 12.7. The number of rotatable bonds is 9. The molecule has 92 heavy (non-hydrogen) atoms. The average Bonchev–Trinajstić information content (AvgIpc) is 1.43. The second-order valence-corrected chi connectivity index (χ2v) is 27.8. The molecule has 0 atom stereocenters. The third kappa shape index (κ3) is 8.25. The Labute approximate surface area is 539 Å². The van der Waals surface area contributed by atoms with Crippen LogP contribution in [0.3, 0.4) is 0 Å². The van der Waals surface area contributed by atoms with Gasteiger partial charge in [-0.05, 0) is 172 Å². The highest BCUT2D eigenvalue weighted by Gasteiger charge is 2.44. The fraction of sp³-hybridized carbons (Fsp3) is 0.140. The number of aryl methyl sites for hydroxylation is 2. The van der Waals surface area contributed by atoms with Crippen LogP contribution in [-0.4, -0.2) is 15.8 Å². The smallest absolute Gasteiger partial charge is 0.252 e. The minimum atomic E-state index is -0.123. The van der Waals surface area contributed by atoms with Crippen molar-refractivity contribution >= 4 is 139 Å². The minimum Gasteiger partial charge on any atom is -0.314 e. The maximum absolute atomic E-state index is 2.65. The lowest BCUT2D eigenvalue weighted by Gasteiger charge is -2.37. The molecule has 2 aliphatic heterocycles. The van der Waals surface area contributed by atoms with Crippen LogP contribution in [-0.2, 0) is 10.8 Å². The molecule has 0 spiro atoms. The number of anilines is 9. The van der Waals surface area contributed by atoms with Gasteiger partial charge in [-0.25, -0.2) is 0 Å². The molecule has 5 nitrogen and oxygen atoms in total. The summed E-state index contributed by atoms with van der Waals surface area (Å²) in [5, 5.41) is 12.1. The van der Waals surface area contributed by atoms with Gasteiger partial charge in [-0.1, -0.05) is 224 Å². The van der Waals surface area contributed by atoms with Gasteiger partial charge in [0.05, 0.1) is 50.8 Å². The van der Waals surface area contributed by atoms with Gasteiger partial charge in [-0.15, -0.1) is 0 Å². The number of hydrogen-bond donors (Lipinski definition) is 0. The predicted octanol–water partition coefficient (Wildman–Crippen LogP) is 21.6. The Bertz CT molecular complexity index is 5040. The molecule has 2 aromatic heterocycles. The summed E-state index contributed by atoms with van der Waals surface area (Å²) in [6.45, 7) is 23.2. The van der Waals surface area contributed by atoms with Gasteiger partial charge in [-0.3, -0.25) is 0 Å². The monoisotopic (exact) mass is 1190 g/mol. The van der Waals surface area contributed by atoms with Crippen molar-refractivity contribution in [3.63, 3.8) is 0 Å². The van der Waals surface area contributed by atoms with Crippen molar-refractivity contribution in [2.45, 2.75) is 80.1 Å². The van der Waals surface area contributed by atoms with Crippen molar-refractivity contribution in [1.82, 2.24) is 9.13 Å². The summed E-state index contributed by atoms with van der Waals surface area (Å²) in [6.07, 6.45) is 0. The lowest BCUT2D eigenvalue weighted by atomic mass is 9.34. The Morgan fingerprint density at radius 3 is 0.946 bits per heavy atom. The molecule has 0 saturated heterocycles. The first-order valence-corrected chi connectivity index (χ1v) is 32.6. The molecule has 0 unspecified atom stereocenters. The van der Waals surface area contributed by atoms with Crippen LogP contribution < -0.4 is 31.1 Å². The summed E-state index contributed by atoms with van der Waals surface area (Å²) < 4.78 is 5.31. The lowest BCUT2D eigenvalue weighted by Crippen LogP contribution is -2.59. The van der Waals surface area contributed by atoms with E-state index in [-0.39, 0.29) is 17.5 Å². The Balaban J connectivity index is 0.998. The van der Waals surface area contributed by atoms with Gasteiger partial charge in [0.25, 0.3) is 6.71 Å². The molecule has 2 aliphatic rings. The van der Waals surface area contributed by atoms with Gasteiger partial charge in [0.2, 0.25) is 0 Å². The largest absolute Gasteiger partial charge is 0.314 e. The van der Waals surface area contributed by atoms with Crippen molar-refractivity contribution < 1.29 is 0 Å². The molecule has 0 amide bonds. The number of hydrogen-bond acceptors (Lipinski definition) is 3. The average molecular weight is 1190 g/mol. The van der Waals surface area contributed by atoms with Crippen LogP contribution in [0.15, 0.2) is 255 Å². The maximum Gasteiger partial charge on any atom is 0.252 e. The first-order chi connectivity index (χ1) is 44.6. The lowest BCUT2D eigenvalue weighted by molar-refractivity contribution is 0.590. The third-order valence-electron chi connectivity index (χ3n) is 20.6. The third-order valence-corrected chi connectivity index (χ3v) is 20.6. The van der Waals surface area contributed by atoms with E-state index in [0.717, 1.165) is 51.2 Å². The first kappa shape index (κ1) is 55.5. The molecule has 4 heterocycles. The van der Waals surface area contributed by atoms with E-state index in [1.807, 2.05) is 0 Å². The molecule has 0 radical (unpaired) electrons. The Hall–Kier alpha value is -10.6. The molecule has 0 fully saturated rings. The minimum absolute atomic E-state index is 0.0147. The summed E-state index contributed by atoms with van der Waals surface area (Å²) in [7, 11) is 0.